The predicted molar refractivity (Wildman–Crippen MR) is 173 cm³/mol. The van der Waals surface area contributed by atoms with Gasteiger partial charge in [-0.1, -0.05) is 20.4 Å². The largest absolute Gasteiger partial charge is 0.378 e. The molecule has 15 nitrogen and oxygen atoms in total. The van der Waals surface area contributed by atoms with Gasteiger partial charge in [0.25, 0.3) is 6.43 Å². The second-order valence-corrected chi connectivity index (χ2v) is 11.1. The van der Waals surface area contributed by atoms with Crippen molar-refractivity contribution in [2.45, 2.75) is 39.5 Å². The van der Waals surface area contributed by atoms with Crippen molar-refractivity contribution < 1.29 is 27.9 Å². The van der Waals surface area contributed by atoms with Crippen molar-refractivity contribution in [2.75, 3.05) is 87.7 Å². The smallest absolute Gasteiger partial charge is 0.281 e. The molecule has 5 rings (SSSR count). The third kappa shape index (κ3) is 11.3. The first kappa shape index (κ1) is 36.9. The zero-order valence-corrected chi connectivity index (χ0v) is 27.1. The Hall–Kier alpha value is -4.54. The van der Waals surface area contributed by atoms with Crippen LogP contribution in [0.2, 0.25) is 0 Å². The Morgan fingerprint density at radius 1 is 1.02 bits per heavy atom. The molecular weight excluding hydrogens is 616 g/mol. The maximum Gasteiger partial charge on any atom is 0.281 e. The molecule has 258 valence electrons. The first-order chi connectivity index (χ1) is 22.7. The summed E-state index contributed by atoms with van der Waals surface area (Å²) >= 11 is 0. The molecule has 0 bridgehead atoms. The molecule has 0 aromatic carbocycles. The number of piperidine rings is 1. The quantitative estimate of drug-likeness (QED) is 0.226. The van der Waals surface area contributed by atoms with Crippen LogP contribution in [0.1, 0.15) is 45.2 Å². The van der Waals surface area contributed by atoms with Crippen LogP contribution in [0, 0.1) is 5.92 Å². The lowest BCUT2D eigenvalue weighted by Gasteiger charge is -2.33. The number of aromatic nitrogens is 5. The standard InChI is InChI=1S/C17H21F2N9O2.C9H15NO.C4H9NO/c18-13(19)12-11(9-21-15(20)22-12)14-23-16(27-3-1-26(10-29)2-4-27)25-17(24-14)28-5-7-30-8-6-28;1-3-9(11)10-6-4-8(2)5-7-10;1-2-3-5-4-6/h9-10,13H,1-8H2,(H2,20,21,22);3,8H,1,4-7H2,2H3;4H,2-3H2,1H3,(H,5,6). The van der Waals surface area contributed by atoms with Crippen LogP contribution in [-0.4, -0.2) is 126 Å². The van der Waals surface area contributed by atoms with Gasteiger partial charge in [0.2, 0.25) is 36.6 Å². The summed E-state index contributed by atoms with van der Waals surface area (Å²) in [5.74, 6) is 1.38. The van der Waals surface area contributed by atoms with Crippen LogP contribution < -0.4 is 20.9 Å². The fourth-order valence-corrected chi connectivity index (χ4v) is 4.86. The number of nitrogens with one attached hydrogen (secondary N) is 1. The van der Waals surface area contributed by atoms with Crippen LogP contribution >= 0.6 is 0 Å². The summed E-state index contributed by atoms with van der Waals surface area (Å²) in [6, 6.07) is 0. The molecule has 2 aromatic heterocycles. The normalized spacial score (nSPS) is 16.8. The van der Waals surface area contributed by atoms with Crippen molar-refractivity contribution in [1.82, 2.24) is 40.0 Å². The first-order valence-electron chi connectivity index (χ1n) is 15.7. The summed E-state index contributed by atoms with van der Waals surface area (Å²) in [6.45, 7) is 14.6. The fraction of sp³-hybridized carbons (Fsp3) is 0.600. The van der Waals surface area contributed by atoms with Crippen molar-refractivity contribution in [1.29, 1.82) is 0 Å². The average Bonchev–Trinajstić information content (AvgIpc) is 3.11. The number of likely N-dealkylation sites (tertiary alicyclic amines) is 1. The molecule has 2 aromatic rings. The van der Waals surface area contributed by atoms with Gasteiger partial charge in [-0.25, -0.2) is 18.7 Å². The van der Waals surface area contributed by atoms with Gasteiger partial charge in [0.05, 0.1) is 18.8 Å². The minimum absolute atomic E-state index is 0.00360. The highest BCUT2D eigenvalue weighted by atomic mass is 19.3. The van der Waals surface area contributed by atoms with E-state index in [-0.39, 0.29) is 23.2 Å². The molecular formula is C30H45F2N11O4. The Bertz CT molecular complexity index is 1300. The molecule has 0 atom stereocenters. The van der Waals surface area contributed by atoms with E-state index < -0.39 is 12.1 Å². The second kappa shape index (κ2) is 19.2. The van der Waals surface area contributed by atoms with Gasteiger partial charge < -0.3 is 35.4 Å². The van der Waals surface area contributed by atoms with Gasteiger partial charge >= 0.3 is 0 Å². The van der Waals surface area contributed by atoms with Gasteiger partial charge in [0, 0.05) is 65.1 Å². The maximum atomic E-state index is 13.6. The number of amides is 3. The molecule has 5 heterocycles. The lowest BCUT2D eigenvalue weighted by atomic mass is 9.99. The average molecular weight is 662 g/mol. The summed E-state index contributed by atoms with van der Waals surface area (Å²) in [5, 5.41) is 2.52. The number of carbonyl (C=O) groups is 3. The van der Waals surface area contributed by atoms with Gasteiger partial charge in [-0.05, 0) is 31.3 Å². The van der Waals surface area contributed by atoms with E-state index in [0.717, 1.165) is 51.2 Å². The molecule has 17 heteroatoms. The number of hydrogen-bond donors (Lipinski definition) is 2. The lowest BCUT2D eigenvalue weighted by molar-refractivity contribution is -0.127. The van der Waals surface area contributed by atoms with Crippen LogP contribution in [0.3, 0.4) is 0 Å². The molecule has 3 saturated heterocycles. The molecule has 3 aliphatic rings. The van der Waals surface area contributed by atoms with Crippen LogP contribution in [0.4, 0.5) is 26.6 Å². The minimum atomic E-state index is -2.87. The zero-order valence-electron chi connectivity index (χ0n) is 27.1. The van der Waals surface area contributed by atoms with Gasteiger partial charge in [0.1, 0.15) is 5.69 Å². The van der Waals surface area contributed by atoms with Crippen molar-refractivity contribution in [2.24, 2.45) is 5.92 Å². The van der Waals surface area contributed by atoms with Crippen LogP contribution in [-0.2, 0) is 19.1 Å². The Balaban J connectivity index is 0.000000290. The van der Waals surface area contributed by atoms with E-state index in [1.165, 1.54) is 12.3 Å². The number of nitrogens with two attached hydrogens (primary N) is 1. The molecule has 0 spiro atoms. The number of piperazine rings is 1. The molecule has 47 heavy (non-hydrogen) atoms. The third-order valence-corrected chi connectivity index (χ3v) is 7.68. The van der Waals surface area contributed by atoms with E-state index in [9.17, 15) is 23.2 Å². The van der Waals surface area contributed by atoms with Gasteiger partial charge in [0.15, 0.2) is 5.82 Å². The Morgan fingerprint density at radius 3 is 2.15 bits per heavy atom. The highest BCUT2D eigenvalue weighted by molar-refractivity contribution is 5.87. The van der Waals surface area contributed by atoms with E-state index in [4.69, 9.17) is 10.5 Å². The number of nitrogens with zero attached hydrogens (tertiary/aromatic N) is 9. The monoisotopic (exact) mass is 661 g/mol. The number of halogens is 2. The molecule has 0 aliphatic carbocycles. The first-order valence-corrected chi connectivity index (χ1v) is 15.7. The minimum Gasteiger partial charge on any atom is -0.378 e. The number of alkyl halides is 2. The number of anilines is 3. The summed E-state index contributed by atoms with van der Waals surface area (Å²) in [6.07, 6.45) is 4.54. The molecule has 3 amide bonds. The van der Waals surface area contributed by atoms with Crippen LogP contribution in [0.5, 0.6) is 0 Å². The second-order valence-electron chi connectivity index (χ2n) is 11.1. The van der Waals surface area contributed by atoms with Crippen molar-refractivity contribution in [3.05, 3.63) is 24.5 Å². The van der Waals surface area contributed by atoms with E-state index in [0.29, 0.717) is 70.8 Å². The van der Waals surface area contributed by atoms with Crippen molar-refractivity contribution >= 4 is 36.6 Å². The van der Waals surface area contributed by atoms with E-state index in [1.807, 2.05) is 21.6 Å². The van der Waals surface area contributed by atoms with Crippen molar-refractivity contribution in [3.8, 4) is 11.4 Å². The highest BCUT2D eigenvalue weighted by Gasteiger charge is 2.26. The summed E-state index contributed by atoms with van der Waals surface area (Å²) in [7, 11) is 0. The summed E-state index contributed by atoms with van der Waals surface area (Å²) < 4.78 is 32.6. The highest BCUT2D eigenvalue weighted by Crippen LogP contribution is 2.30. The van der Waals surface area contributed by atoms with Crippen LogP contribution in [0.15, 0.2) is 18.9 Å². The molecule has 0 unspecified atom stereocenters. The zero-order chi connectivity index (χ0) is 34.2. The molecule has 3 fully saturated rings. The summed E-state index contributed by atoms with van der Waals surface area (Å²) in [5.41, 5.74) is 4.97. The Labute approximate surface area is 273 Å². The topological polar surface area (TPSA) is 176 Å². The molecule has 0 saturated carbocycles. The number of nitrogen functional groups attached to an aromatic ring is 1. The van der Waals surface area contributed by atoms with E-state index >= 15 is 0 Å². The van der Waals surface area contributed by atoms with Crippen molar-refractivity contribution in [3.63, 3.8) is 0 Å². The SMILES string of the molecule is C=CC(=O)N1CCC(C)CC1.CCCNC=O.Nc1ncc(-c2nc(N3CCOCC3)nc(N3CCN(C=O)CC3)n2)c(C(F)F)n1. The van der Waals surface area contributed by atoms with Gasteiger partial charge in [-0.3, -0.25) is 14.4 Å². The van der Waals surface area contributed by atoms with Crippen LogP contribution in [0.25, 0.3) is 11.4 Å². The number of rotatable bonds is 9. The van der Waals surface area contributed by atoms with Gasteiger partial charge in [-0.2, -0.15) is 15.0 Å². The van der Waals surface area contributed by atoms with Gasteiger partial charge in [-0.15, -0.1) is 0 Å². The fourth-order valence-electron chi connectivity index (χ4n) is 4.86. The number of morpholine rings is 1. The van der Waals surface area contributed by atoms with E-state index in [1.54, 1.807) is 4.90 Å². The molecule has 0 radical (unpaired) electrons. The maximum absolute atomic E-state index is 13.6. The lowest BCUT2D eigenvalue weighted by Crippen LogP contribution is -2.46. The number of ether oxygens (including phenoxy) is 1. The molecule has 3 N–H and O–H groups in total. The predicted octanol–water partition coefficient (Wildman–Crippen LogP) is 1.54. The summed E-state index contributed by atoms with van der Waals surface area (Å²) in [4.78, 5) is 59.8. The molecule has 3 aliphatic heterocycles. The third-order valence-electron chi connectivity index (χ3n) is 7.68. The Morgan fingerprint density at radius 2 is 1.64 bits per heavy atom. The number of carbonyl (C=O) groups excluding carboxylic acids is 3. The number of hydrogen-bond acceptors (Lipinski definition) is 12. The Kier molecular flexibility index (Phi) is 15.1. The van der Waals surface area contributed by atoms with E-state index in [2.05, 4.69) is 43.7 Å².